The summed E-state index contributed by atoms with van der Waals surface area (Å²) in [4.78, 5) is 28.7. The van der Waals surface area contributed by atoms with Crippen molar-refractivity contribution in [1.29, 1.82) is 0 Å². The zero-order valence-corrected chi connectivity index (χ0v) is 16.1. The zero-order valence-electron chi connectivity index (χ0n) is 15.4. The van der Waals surface area contributed by atoms with Crippen LogP contribution in [0, 0.1) is 0 Å². The van der Waals surface area contributed by atoms with Crippen LogP contribution in [-0.4, -0.2) is 49.9 Å². The van der Waals surface area contributed by atoms with Crippen LogP contribution < -0.4 is 9.64 Å². The van der Waals surface area contributed by atoms with Crippen LogP contribution in [-0.2, 0) is 4.79 Å². The lowest BCUT2D eigenvalue weighted by Crippen LogP contribution is -2.48. The maximum Gasteiger partial charge on any atom is 0.223 e. The van der Waals surface area contributed by atoms with Gasteiger partial charge in [0.25, 0.3) is 0 Å². The highest BCUT2D eigenvalue weighted by Gasteiger charge is 2.23. The number of para-hydroxylation sites is 2. The van der Waals surface area contributed by atoms with E-state index in [0.29, 0.717) is 23.7 Å². The van der Waals surface area contributed by atoms with Crippen LogP contribution in [0.4, 0.5) is 5.69 Å². The van der Waals surface area contributed by atoms with Crippen LogP contribution in [0.5, 0.6) is 5.75 Å². The molecule has 0 radical (unpaired) electrons. The van der Waals surface area contributed by atoms with Gasteiger partial charge in [-0.3, -0.25) is 9.59 Å². The average molecular weight is 387 g/mol. The number of piperazine rings is 1. The Morgan fingerprint density at radius 3 is 2.30 bits per heavy atom. The summed E-state index contributed by atoms with van der Waals surface area (Å²) in [5.41, 5.74) is 1.64. The van der Waals surface area contributed by atoms with E-state index in [0.717, 1.165) is 24.5 Å². The van der Waals surface area contributed by atoms with Crippen molar-refractivity contribution in [1.82, 2.24) is 4.90 Å². The van der Waals surface area contributed by atoms with Crippen molar-refractivity contribution < 1.29 is 14.3 Å². The summed E-state index contributed by atoms with van der Waals surface area (Å²) in [6, 6.07) is 14.7. The van der Waals surface area contributed by atoms with Crippen molar-refractivity contribution in [2.75, 3.05) is 38.2 Å². The number of carbonyl (C=O) groups excluding carboxylic acids is 2. The molecule has 0 bridgehead atoms. The first kappa shape index (κ1) is 19.2. The van der Waals surface area contributed by atoms with E-state index < -0.39 is 0 Å². The topological polar surface area (TPSA) is 49.9 Å². The number of halogens is 1. The van der Waals surface area contributed by atoms with Crippen LogP contribution in [0.25, 0.3) is 0 Å². The van der Waals surface area contributed by atoms with Crippen LogP contribution in [0.2, 0.25) is 5.02 Å². The van der Waals surface area contributed by atoms with Gasteiger partial charge < -0.3 is 14.5 Å². The maximum atomic E-state index is 12.5. The third-order valence-electron chi connectivity index (χ3n) is 4.79. The fourth-order valence-corrected chi connectivity index (χ4v) is 3.37. The minimum absolute atomic E-state index is 0.0250. The summed E-state index contributed by atoms with van der Waals surface area (Å²) in [5, 5.41) is 0.593. The highest BCUT2D eigenvalue weighted by atomic mass is 35.5. The summed E-state index contributed by atoms with van der Waals surface area (Å²) in [6.07, 6.45) is 0.448. The molecule has 0 N–H and O–H groups in total. The first-order valence-corrected chi connectivity index (χ1v) is 9.41. The first-order chi connectivity index (χ1) is 13.1. The summed E-state index contributed by atoms with van der Waals surface area (Å²) < 4.78 is 5.42. The monoisotopic (exact) mass is 386 g/mol. The van der Waals surface area contributed by atoms with Crippen molar-refractivity contribution in [3.63, 3.8) is 0 Å². The Balaban J connectivity index is 1.50. The van der Waals surface area contributed by atoms with Crippen LogP contribution in [0.3, 0.4) is 0 Å². The Morgan fingerprint density at radius 2 is 1.63 bits per heavy atom. The lowest BCUT2D eigenvalue weighted by atomic mass is 10.1. The molecule has 6 heteroatoms. The second-order valence-corrected chi connectivity index (χ2v) is 6.91. The Hall–Kier alpha value is -2.53. The molecule has 1 saturated heterocycles. The second-order valence-electron chi connectivity index (χ2n) is 6.47. The van der Waals surface area contributed by atoms with Gasteiger partial charge in [-0.15, -0.1) is 0 Å². The van der Waals surface area contributed by atoms with Crippen molar-refractivity contribution in [2.24, 2.45) is 0 Å². The third kappa shape index (κ3) is 4.80. The highest BCUT2D eigenvalue weighted by molar-refractivity contribution is 6.30. The van der Waals surface area contributed by atoms with E-state index in [9.17, 15) is 9.59 Å². The van der Waals surface area contributed by atoms with Crippen molar-refractivity contribution >= 4 is 29.0 Å². The predicted octanol–water partition coefficient (Wildman–Crippen LogP) is 3.66. The minimum Gasteiger partial charge on any atom is -0.495 e. The van der Waals surface area contributed by atoms with Gasteiger partial charge in [-0.25, -0.2) is 0 Å². The van der Waals surface area contributed by atoms with E-state index in [1.807, 2.05) is 29.2 Å². The molecular weight excluding hydrogens is 364 g/mol. The molecule has 27 heavy (non-hydrogen) atoms. The molecule has 142 valence electrons. The largest absolute Gasteiger partial charge is 0.495 e. The smallest absolute Gasteiger partial charge is 0.223 e. The summed E-state index contributed by atoms with van der Waals surface area (Å²) in [6.45, 7) is 2.78. The van der Waals surface area contributed by atoms with Crippen LogP contribution >= 0.6 is 11.6 Å². The van der Waals surface area contributed by atoms with E-state index in [2.05, 4.69) is 4.90 Å². The van der Waals surface area contributed by atoms with Crippen molar-refractivity contribution in [3.8, 4) is 5.75 Å². The standard InChI is InChI=1S/C21H23ClN2O3/c1-27-20-5-3-2-4-18(20)23-12-14-24(15-13-23)21(26)11-10-19(25)16-6-8-17(22)9-7-16/h2-9H,10-15H2,1H3. The molecule has 1 heterocycles. The number of hydrogen-bond donors (Lipinski definition) is 0. The number of nitrogens with zero attached hydrogens (tertiary/aromatic N) is 2. The number of benzene rings is 2. The summed E-state index contributed by atoms with van der Waals surface area (Å²) >= 11 is 5.84. The Kier molecular flexibility index (Phi) is 6.35. The molecule has 0 aromatic heterocycles. The van der Waals surface area contributed by atoms with Crippen molar-refractivity contribution in [2.45, 2.75) is 12.8 Å². The SMILES string of the molecule is COc1ccccc1N1CCN(C(=O)CCC(=O)c2ccc(Cl)cc2)CC1. The number of anilines is 1. The molecule has 0 atom stereocenters. The molecule has 2 aromatic rings. The third-order valence-corrected chi connectivity index (χ3v) is 5.04. The quantitative estimate of drug-likeness (QED) is 0.711. The molecular formula is C21H23ClN2O3. The molecule has 0 unspecified atom stereocenters. The van der Waals surface area contributed by atoms with Crippen LogP contribution in [0.1, 0.15) is 23.2 Å². The van der Waals surface area contributed by atoms with Gasteiger partial charge in [0, 0.05) is 49.6 Å². The molecule has 0 spiro atoms. The van der Waals surface area contributed by atoms with Gasteiger partial charge in [-0.2, -0.15) is 0 Å². The summed E-state index contributed by atoms with van der Waals surface area (Å²) in [7, 11) is 1.66. The normalized spacial score (nSPS) is 14.1. The van der Waals surface area contributed by atoms with E-state index in [1.165, 1.54) is 0 Å². The van der Waals surface area contributed by atoms with Gasteiger partial charge >= 0.3 is 0 Å². The Labute approximate surface area is 164 Å². The van der Waals surface area contributed by atoms with E-state index in [1.54, 1.807) is 31.4 Å². The fraction of sp³-hybridized carbons (Fsp3) is 0.333. The molecule has 1 aliphatic heterocycles. The van der Waals surface area contributed by atoms with Crippen molar-refractivity contribution in [3.05, 3.63) is 59.1 Å². The molecule has 3 rings (SSSR count). The molecule has 1 fully saturated rings. The van der Waals surface area contributed by atoms with E-state index >= 15 is 0 Å². The lowest BCUT2D eigenvalue weighted by Gasteiger charge is -2.36. The number of ether oxygens (including phenoxy) is 1. The molecule has 0 saturated carbocycles. The van der Waals surface area contributed by atoms with E-state index in [4.69, 9.17) is 16.3 Å². The number of Topliss-reactive ketones (excluding diaryl/α,β-unsaturated/α-hetero) is 1. The van der Waals surface area contributed by atoms with Crippen LogP contribution in [0.15, 0.2) is 48.5 Å². The number of hydrogen-bond acceptors (Lipinski definition) is 4. The average Bonchev–Trinajstić information content (AvgIpc) is 2.72. The number of carbonyl (C=O) groups is 2. The number of amides is 1. The maximum absolute atomic E-state index is 12.5. The second kappa shape index (κ2) is 8.91. The van der Waals surface area contributed by atoms with Gasteiger partial charge in [0.1, 0.15) is 5.75 Å². The van der Waals surface area contributed by atoms with Gasteiger partial charge in [0.2, 0.25) is 5.91 Å². The molecule has 0 aliphatic carbocycles. The number of rotatable bonds is 6. The number of methoxy groups -OCH3 is 1. The highest BCUT2D eigenvalue weighted by Crippen LogP contribution is 2.28. The predicted molar refractivity (Wildman–Crippen MR) is 107 cm³/mol. The van der Waals surface area contributed by atoms with Gasteiger partial charge in [0.15, 0.2) is 5.78 Å². The Morgan fingerprint density at radius 1 is 0.963 bits per heavy atom. The molecule has 1 aliphatic rings. The molecule has 1 amide bonds. The first-order valence-electron chi connectivity index (χ1n) is 9.03. The zero-order chi connectivity index (χ0) is 19.2. The lowest BCUT2D eigenvalue weighted by molar-refractivity contribution is -0.131. The van der Waals surface area contributed by atoms with Gasteiger partial charge in [0.05, 0.1) is 12.8 Å². The fourth-order valence-electron chi connectivity index (χ4n) is 3.25. The summed E-state index contributed by atoms with van der Waals surface area (Å²) in [5.74, 6) is 0.829. The van der Waals surface area contributed by atoms with Gasteiger partial charge in [-0.1, -0.05) is 23.7 Å². The van der Waals surface area contributed by atoms with E-state index in [-0.39, 0.29) is 24.5 Å². The molecule has 2 aromatic carbocycles. The van der Waals surface area contributed by atoms with Gasteiger partial charge in [-0.05, 0) is 36.4 Å². The Bertz CT molecular complexity index is 799. The molecule has 5 nitrogen and oxygen atoms in total. The number of ketones is 1. The minimum atomic E-state index is -0.0346.